The van der Waals surface area contributed by atoms with E-state index in [-0.39, 0.29) is 0 Å². The van der Waals surface area contributed by atoms with E-state index in [1.54, 1.807) is 0 Å². The number of benzene rings is 1. The standard InChI is InChI=1S/C14H22N2/c1-3-10-8-12(13-6-5-7-16-13)9-11(4-2)14(10)15/h8-9,13,16H,3-7,15H2,1-2H3/t13-/m0/s1. The zero-order valence-electron chi connectivity index (χ0n) is 10.3. The summed E-state index contributed by atoms with van der Waals surface area (Å²) in [6, 6.07) is 5.13. The first-order chi connectivity index (χ1) is 7.76. The lowest BCUT2D eigenvalue weighted by Crippen LogP contribution is -2.14. The molecule has 0 bridgehead atoms. The van der Waals surface area contributed by atoms with Crippen molar-refractivity contribution < 1.29 is 0 Å². The number of nitrogens with one attached hydrogen (secondary N) is 1. The van der Waals surface area contributed by atoms with Gasteiger partial charge in [-0.2, -0.15) is 0 Å². The van der Waals surface area contributed by atoms with Crippen molar-refractivity contribution in [2.75, 3.05) is 12.3 Å². The molecule has 1 aromatic carbocycles. The zero-order chi connectivity index (χ0) is 11.5. The normalized spacial score (nSPS) is 20.2. The van der Waals surface area contributed by atoms with E-state index >= 15 is 0 Å². The van der Waals surface area contributed by atoms with Crippen molar-refractivity contribution >= 4 is 5.69 Å². The Morgan fingerprint density at radius 1 is 1.25 bits per heavy atom. The third-order valence-electron chi connectivity index (χ3n) is 3.60. The van der Waals surface area contributed by atoms with E-state index in [2.05, 4.69) is 31.3 Å². The minimum atomic E-state index is 0.552. The second-order valence-electron chi connectivity index (χ2n) is 4.61. The molecule has 1 aromatic rings. The van der Waals surface area contributed by atoms with Gasteiger partial charge in [-0.1, -0.05) is 26.0 Å². The maximum Gasteiger partial charge on any atom is 0.0379 e. The van der Waals surface area contributed by atoms with Gasteiger partial charge in [-0.3, -0.25) is 0 Å². The van der Waals surface area contributed by atoms with E-state index in [1.807, 2.05) is 0 Å². The summed E-state index contributed by atoms with van der Waals surface area (Å²) in [5, 5.41) is 3.55. The van der Waals surface area contributed by atoms with Crippen LogP contribution in [0.1, 0.15) is 49.4 Å². The predicted octanol–water partition coefficient (Wildman–Crippen LogP) is 2.82. The molecule has 0 spiro atoms. The average molecular weight is 218 g/mol. The third-order valence-corrected chi connectivity index (χ3v) is 3.60. The summed E-state index contributed by atoms with van der Waals surface area (Å²) in [4.78, 5) is 0. The van der Waals surface area contributed by atoms with Crippen molar-refractivity contribution in [2.24, 2.45) is 0 Å². The molecule has 1 saturated heterocycles. The van der Waals surface area contributed by atoms with Crippen molar-refractivity contribution in [1.29, 1.82) is 0 Å². The van der Waals surface area contributed by atoms with Gasteiger partial charge in [0.05, 0.1) is 0 Å². The zero-order valence-corrected chi connectivity index (χ0v) is 10.3. The molecule has 2 heteroatoms. The van der Waals surface area contributed by atoms with Gasteiger partial charge in [0.25, 0.3) is 0 Å². The molecule has 0 unspecified atom stereocenters. The maximum atomic E-state index is 6.15. The Morgan fingerprint density at radius 2 is 1.88 bits per heavy atom. The number of aryl methyl sites for hydroxylation is 2. The van der Waals surface area contributed by atoms with Gasteiger partial charge >= 0.3 is 0 Å². The van der Waals surface area contributed by atoms with E-state index < -0.39 is 0 Å². The first kappa shape index (κ1) is 11.5. The fourth-order valence-electron chi connectivity index (χ4n) is 2.56. The van der Waals surface area contributed by atoms with Gasteiger partial charge in [0, 0.05) is 11.7 Å². The Bertz CT molecular complexity index is 340. The van der Waals surface area contributed by atoms with Crippen molar-refractivity contribution in [3.8, 4) is 0 Å². The second kappa shape index (κ2) is 4.88. The molecule has 0 amide bonds. The minimum Gasteiger partial charge on any atom is -0.398 e. The van der Waals surface area contributed by atoms with Crippen LogP contribution < -0.4 is 11.1 Å². The Balaban J connectivity index is 2.37. The molecular formula is C14H22N2. The Hall–Kier alpha value is -1.02. The molecule has 2 rings (SSSR count). The highest BCUT2D eigenvalue weighted by Crippen LogP contribution is 2.29. The Kier molecular flexibility index (Phi) is 3.49. The van der Waals surface area contributed by atoms with Crippen LogP contribution in [-0.2, 0) is 12.8 Å². The fraction of sp³-hybridized carbons (Fsp3) is 0.571. The van der Waals surface area contributed by atoms with Crippen molar-refractivity contribution in [2.45, 2.75) is 45.6 Å². The first-order valence-electron chi connectivity index (χ1n) is 6.40. The lowest BCUT2D eigenvalue weighted by molar-refractivity contribution is 0.646. The van der Waals surface area contributed by atoms with Crippen LogP contribution in [0.3, 0.4) is 0 Å². The molecule has 0 saturated carbocycles. The summed E-state index contributed by atoms with van der Waals surface area (Å²) in [7, 11) is 0. The van der Waals surface area contributed by atoms with Crippen LogP contribution in [0.5, 0.6) is 0 Å². The van der Waals surface area contributed by atoms with Gasteiger partial charge in [0.15, 0.2) is 0 Å². The molecule has 0 radical (unpaired) electrons. The number of anilines is 1. The van der Waals surface area contributed by atoms with Crippen LogP contribution in [-0.4, -0.2) is 6.54 Å². The molecule has 3 N–H and O–H groups in total. The van der Waals surface area contributed by atoms with Crippen molar-refractivity contribution in [1.82, 2.24) is 5.32 Å². The highest BCUT2D eigenvalue weighted by Gasteiger charge is 2.18. The SMILES string of the molecule is CCc1cc([C@@H]2CCCN2)cc(CC)c1N. The fourth-order valence-corrected chi connectivity index (χ4v) is 2.56. The predicted molar refractivity (Wildman–Crippen MR) is 69.6 cm³/mol. The highest BCUT2D eigenvalue weighted by molar-refractivity contribution is 5.56. The van der Waals surface area contributed by atoms with E-state index in [0.29, 0.717) is 6.04 Å². The van der Waals surface area contributed by atoms with Gasteiger partial charge in [0.1, 0.15) is 0 Å². The molecule has 1 atom stereocenters. The van der Waals surface area contributed by atoms with Gasteiger partial charge in [-0.05, 0) is 48.9 Å². The largest absolute Gasteiger partial charge is 0.398 e. The third kappa shape index (κ3) is 2.07. The molecule has 0 aliphatic carbocycles. The lowest BCUT2D eigenvalue weighted by atomic mass is 9.95. The minimum absolute atomic E-state index is 0.552. The Labute approximate surface area is 98.2 Å². The van der Waals surface area contributed by atoms with E-state index in [1.165, 1.54) is 29.5 Å². The summed E-state index contributed by atoms with van der Waals surface area (Å²) in [5.41, 5.74) is 11.2. The molecule has 1 fully saturated rings. The second-order valence-corrected chi connectivity index (χ2v) is 4.61. The van der Waals surface area contributed by atoms with Gasteiger partial charge in [-0.25, -0.2) is 0 Å². The number of hydrogen-bond donors (Lipinski definition) is 2. The quantitative estimate of drug-likeness (QED) is 0.766. The lowest BCUT2D eigenvalue weighted by Gasteiger charge is -2.16. The van der Waals surface area contributed by atoms with Crippen molar-refractivity contribution in [3.05, 3.63) is 28.8 Å². The van der Waals surface area contributed by atoms with E-state index in [0.717, 1.165) is 25.1 Å². The molecule has 2 nitrogen and oxygen atoms in total. The monoisotopic (exact) mass is 218 g/mol. The molecule has 1 aliphatic rings. The molecule has 1 heterocycles. The van der Waals surface area contributed by atoms with Crippen LogP contribution in [0, 0.1) is 0 Å². The average Bonchev–Trinajstić information content (AvgIpc) is 2.83. The molecule has 16 heavy (non-hydrogen) atoms. The summed E-state index contributed by atoms with van der Waals surface area (Å²) >= 11 is 0. The summed E-state index contributed by atoms with van der Waals surface area (Å²) < 4.78 is 0. The van der Waals surface area contributed by atoms with Crippen molar-refractivity contribution in [3.63, 3.8) is 0 Å². The van der Waals surface area contributed by atoms with Crippen LogP contribution in [0.2, 0.25) is 0 Å². The number of rotatable bonds is 3. The summed E-state index contributed by atoms with van der Waals surface area (Å²) in [6.07, 6.45) is 4.60. The van der Waals surface area contributed by atoms with E-state index in [4.69, 9.17) is 5.73 Å². The first-order valence-corrected chi connectivity index (χ1v) is 6.40. The smallest absolute Gasteiger partial charge is 0.0379 e. The van der Waals surface area contributed by atoms with Crippen LogP contribution in [0.4, 0.5) is 5.69 Å². The molecule has 88 valence electrons. The summed E-state index contributed by atoms with van der Waals surface area (Å²) in [6.45, 7) is 5.51. The molecular weight excluding hydrogens is 196 g/mol. The van der Waals surface area contributed by atoms with Gasteiger partial charge in [-0.15, -0.1) is 0 Å². The Morgan fingerprint density at radius 3 is 2.31 bits per heavy atom. The van der Waals surface area contributed by atoms with Gasteiger partial charge < -0.3 is 11.1 Å². The number of nitrogen functional groups attached to an aromatic ring is 1. The van der Waals surface area contributed by atoms with Crippen LogP contribution in [0.25, 0.3) is 0 Å². The summed E-state index contributed by atoms with van der Waals surface area (Å²) in [5.74, 6) is 0. The van der Waals surface area contributed by atoms with Crippen LogP contribution in [0.15, 0.2) is 12.1 Å². The molecule has 0 aromatic heterocycles. The number of nitrogens with two attached hydrogens (primary N) is 1. The maximum absolute atomic E-state index is 6.15. The van der Waals surface area contributed by atoms with E-state index in [9.17, 15) is 0 Å². The topological polar surface area (TPSA) is 38.0 Å². The molecule has 1 aliphatic heterocycles. The van der Waals surface area contributed by atoms with Crippen LogP contribution >= 0.6 is 0 Å². The van der Waals surface area contributed by atoms with Gasteiger partial charge in [0.2, 0.25) is 0 Å². The highest BCUT2D eigenvalue weighted by atomic mass is 14.9. The number of hydrogen-bond acceptors (Lipinski definition) is 2.